The maximum Gasteiger partial charge on any atom is 0.534 e. The summed E-state index contributed by atoms with van der Waals surface area (Å²) in [4.78, 5) is 0. The minimum absolute atomic E-state index is 0.103. The first-order valence-corrected chi connectivity index (χ1v) is 6.67. The van der Waals surface area contributed by atoms with Gasteiger partial charge >= 0.3 is 15.6 Å². The fourth-order valence-corrected chi connectivity index (χ4v) is 2.80. The molecule has 1 aliphatic rings. The number of aliphatic hydroxyl groups is 1. The number of rotatable bonds is 2. The van der Waals surface area contributed by atoms with Crippen molar-refractivity contribution in [3.8, 4) is 0 Å². The minimum atomic E-state index is -5.66. The second kappa shape index (κ2) is 4.41. The van der Waals surface area contributed by atoms with Crippen LogP contribution in [0.15, 0.2) is 11.3 Å². The molecule has 0 unspecified atom stereocenters. The molecule has 0 aromatic heterocycles. The summed E-state index contributed by atoms with van der Waals surface area (Å²) in [5.74, 6) is -0.231. The summed E-state index contributed by atoms with van der Waals surface area (Å²) in [6.07, 6.45) is -0.458. The fourth-order valence-electron chi connectivity index (χ4n) is 2.12. The van der Waals surface area contributed by atoms with E-state index in [1.165, 1.54) is 20.8 Å². The number of halogens is 3. The van der Waals surface area contributed by atoms with Gasteiger partial charge in [0.05, 0.1) is 6.10 Å². The van der Waals surface area contributed by atoms with Crippen LogP contribution in [0.1, 0.15) is 33.6 Å². The molecule has 0 aliphatic heterocycles. The van der Waals surface area contributed by atoms with E-state index in [0.29, 0.717) is 5.57 Å². The number of hydrogen-bond donors (Lipinski definition) is 1. The average Bonchev–Trinajstić information content (AvgIpc) is 2.08. The number of allylic oxidation sites excluding steroid dienone is 1. The van der Waals surface area contributed by atoms with Gasteiger partial charge in [-0.05, 0) is 25.3 Å². The van der Waals surface area contributed by atoms with E-state index >= 15 is 0 Å². The van der Waals surface area contributed by atoms with Crippen LogP contribution in [0.25, 0.3) is 0 Å². The van der Waals surface area contributed by atoms with E-state index in [-0.39, 0.29) is 18.6 Å². The zero-order valence-electron chi connectivity index (χ0n) is 10.2. The molecule has 1 aliphatic carbocycles. The summed E-state index contributed by atoms with van der Waals surface area (Å²) < 4.78 is 63.0. The zero-order valence-corrected chi connectivity index (χ0v) is 11.0. The minimum Gasteiger partial charge on any atom is -0.393 e. The van der Waals surface area contributed by atoms with Gasteiger partial charge in [0.1, 0.15) is 5.76 Å². The summed E-state index contributed by atoms with van der Waals surface area (Å²) in [5.41, 5.74) is -6.10. The van der Waals surface area contributed by atoms with Gasteiger partial charge in [-0.25, -0.2) is 0 Å². The third-order valence-corrected chi connectivity index (χ3v) is 3.72. The normalized spacial score (nSPS) is 25.2. The molecular formula is C10H15F3O4S. The maximum atomic E-state index is 12.3. The Morgan fingerprint density at radius 1 is 1.39 bits per heavy atom. The molecule has 1 atom stereocenters. The Morgan fingerprint density at radius 3 is 2.28 bits per heavy atom. The molecule has 0 radical (unpaired) electrons. The van der Waals surface area contributed by atoms with Gasteiger partial charge in [-0.15, -0.1) is 0 Å². The summed E-state index contributed by atoms with van der Waals surface area (Å²) >= 11 is 0. The van der Waals surface area contributed by atoms with Crippen molar-refractivity contribution in [2.24, 2.45) is 5.41 Å². The van der Waals surface area contributed by atoms with Crippen molar-refractivity contribution in [3.63, 3.8) is 0 Å². The first kappa shape index (κ1) is 15.3. The topological polar surface area (TPSA) is 63.6 Å². The predicted molar refractivity (Wildman–Crippen MR) is 57.8 cm³/mol. The van der Waals surface area contributed by atoms with Crippen molar-refractivity contribution in [3.05, 3.63) is 11.3 Å². The smallest absolute Gasteiger partial charge is 0.393 e. The quantitative estimate of drug-likeness (QED) is 0.625. The predicted octanol–water partition coefficient (Wildman–Crippen LogP) is 2.31. The first-order valence-electron chi connectivity index (χ1n) is 5.26. The Morgan fingerprint density at radius 2 is 1.89 bits per heavy atom. The summed E-state index contributed by atoms with van der Waals surface area (Å²) in [6, 6.07) is 0. The second-order valence-corrected chi connectivity index (χ2v) is 6.58. The van der Waals surface area contributed by atoms with Crippen LogP contribution >= 0.6 is 0 Å². The van der Waals surface area contributed by atoms with Crippen LogP contribution in [0, 0.1) is 5.41 Å². The molecule has 0 spiro atoms. The van der Waals surface area contributed by atoms with Crippen LogP contribution in [0.5, 0.6) is 0 Å². The van der Waals surface area contributed by atoms with Gasteiger partial charge in [-0.3, -0.25) is 0 Å². The fraction of sp³-hybridized carbons (Fsp3) is 0.800. The lowest BCUT2D eigenvalue weighted by Gasteiger charge is -2.35. The molecule has 0 heterocycles. The first-order chi connectivity index (χ1) is 7.87. The molecule has 1 rings (SSSR count). The van der Waals surface area contributed by atoms with Gasteiger partial charge in [0, 0.05) is 5.41 Å². The molecule has 1 N–H and O–H groups in total. The summed E-state index contributed by atoms with van der Waals surface area (Å²) in [7, 11) is -5.66. The van der Waals surface area contributed by atoms with Crippen molar-refractivity contribution in [1.29, 1.82) is 0 Å². The highest BCUT2D eigenvalue weighted by Gasteiger charge is 2.50. The van der Waals surface area contributed by atoms with E-state index in [0.717, 1.165) is 0 Å². The van der Waals surface area contributed by atoms with Crippen LogP contribution in [0.2, 0.25) is 0 Å². The van der Waals surface area contributed by atoms with Crippen molar-refractivity contribution in [1.82, 2.24) is 0 Å². The zero-order chi connectivity index (χ0) is 14.4. The van der Waals surface area contributed by atoms with Gasteiger partial charge in [0.2, 0.25) is 0 Å². The molecule has 0 aromatic rings. The van der Waals surface area contributed by atoms with Gasteiger partial charge in [-0.2, -0.15) is 21.6 Å². The van der Waals surface area contributed by atoms with Gasteiger partial charge < -0.3 is 9.29 Å². The number of alkyl halides is 3. The van der Waals surface area contributed by atoms with Crippen LogP contribution in [-0.2, 0) is 14.3 Å². The lowest BCUT2D eigenvalue weighted by Crippen LogP contribution is -2.34. The van der Waals surface area contributed by atoms with Crippen molar-refractivity contribution < 1.29 is 30.9 Å². The van der Waals surface area contributed by atoms with Crippen LogP contribution in [0.4, 0.5) is 13.2 Å². The van der Waals surface area contributed by atoms with E-state index in [9.17, 15) is 26.7 Å². The van der Waals surface area contributed by atoms with Crippen molar-refractivity contribution >= 4 is 10.1 Å². The van der Waals surface area contributed by atoms with Crippen LogP contribution in [-0.4, -0.2) is 25.1 Å². The molecule has 0 amide bonds. The highest BCUT2D eigenvalue weighted by molar-refractivity contribution is 7.87. The molecule has 0 fully saturated rings. The summed E-state index contributed by atoms with van der Waals surface area (Å²) in [6.45, 7) is 4.51. The van der Waals surface area contributed by atoms with Gasteiger partial charge in [-0.1, -0.05) is 13.8 Å². The average molecular weight is 288 g/mol. The van der Waals surface area contributed by atoms with Crippen LogP contribution in [0.3, 0.4) is 0 Å². The third kappa shape index (κ3) is 2.97. The molecule has 0 bridgehead atoms. The van der Waals surface area contributed by atoms with E-state index < -0.39 is 27.1 Å². The SMILES string of the molecule is CC1=C(OS(=O)(=O)C(F)(F)F)C(C)(C)C[C@H](O)C1. The maximum absolute atomic E-state index is 12.3. The Bertz CT molecular complexity index is 462. The monoisotopic (exact) mass is 288 g/mol. The molecule has 18 heavy (non-hydrogen) atoms. The van der Waals surface area contributed by atoms with Crippen molar-refractivity contribution in [2.45, 2.75) is 45.2 Å². The second-order valence-electron chi connectivity index (χ2n) is 5.04. The number of aliphatic hydroxyl groups excluding tert-OH is 1. The molecule has 0 saturated heterocycles. The highest BCUT2D eigenvalue weighted by Crippen LogP contribution is 2.43. The van der Waals surface area contributed by atoms with E-state index in [4.69, 9.17) is 0 Å². The van der Waals surface area contributed by atoms with E-state index in [1.807, 2.05) is 0 Å². The van der Waals surface area contributed by atoms with E-state index in [2.05, 4.69) is 4.18 Å². The lowest BCUT2D eigenvalue weighted by molar-refractivity contribution is -0.0538. The molecular weight excluding hydrogens is 273 g/mol. The van der Waals surface area contributed by atoms with Gasteiger partial charge in [0.15, 0.2) is 0 Å². The third-order valence-electron chi connectivity index (χ3n) is 2.77. The largest absolute Gasteiger partial charge is 0.534 e. The van der Waals surface area contributed by atoms with Gasteiger partial charge in [0.25, 0.3) is 0 Å². The molecule has 106 valence electrons. The van der Waals surface area contributed by atoms with E-state index in [1.54, 1.807) is 0 Å². The Labute approximate surface area is 104 Å². The number of hydrogen-bond acceptors (Lipinski definition) is 4. The van der Waals surface area contributed by atoms with Crippen molar-refractivity contribution in [2.75, 3.05) is 0 Å². The van der Waals surface area contributed by atoms with Crippen LogP contribution < -0.4 is 0 Å². The Kier molecular flexibility index (Phi) is 3.75. The summed E-state index contributed by atoms with van der Waals surface area (Å²) in [5, 5.41) is 9.53. The molecule has 4 nitrogen and oxygen atoms in total. The molecule has 8 heteroatoms. The lowest BCUT2D eigenvalue weighted by atomic mass is 9.77. The Hall–Kier alpha value is -0.760. The molecule has 0 saturated carbocycles. The standard InChI is InChI=1S/C10H15F3O4S/c1-6-4-7(14)5-9(2,3)8(6)17-18(15,16)10(11,12)13/h7,14H,4-5H2,1-3H3/t7-/m1/s1. The Balaban J connectivity index is 3.14. The highest BCUT2D eigenvalue weighted by atomic mass is 32.2. The molecule has 0 aromatic carbocycles.